The summed E-state index contributed by atoms with van der Waals surface area (Å²) in [4.78, 5) is 4.77. The van der Waals surface area contributed by atoms with Gasteiger partial charge in [-0.05, 0) is 80.4 Å². The maximum Gasteiger partial charge on any atom is 0.257 e. The molecule has 2 aliphatic rings. The molecule has 0 radical (unpaired) electrons. The van der Waals surface area contributed by atoms with Crippen molar-refractivity contribution in [2.24, 2.45) is 17.8 Å². The lowest BCUT2D eigenvalue weighted by atomic mass is 9.68. The van der Waals surface area contributed by atoms with Gasteiger partial charge in [0.1, 0.15) is 0 Å². The van der Waals surface area contributed by atoms with E-state index in [1.165, 1.54) is 76.2 Å². The third-order valence-electron chi connectivity index (χ3n) is 7.57. The topological polar surface area (TPSA) is 38.9 Å². The summed E-state index contributed by atoms with van der Waals surface area (Å²) in [7, 11) is 0. The van der Waals surface area contributed by atoms with Crippen LogP contribution < -0.4 is 0 Å². The molecule has 29 heavy (non-hydrogen) atoms. The smallest absolute Gasteiger partial charge is 0.257 e. The third kappa shape index (κ3) is 5.10. The predicted molar refractivity (Wildman–Crippen MR) is 119 cm³/mol. The molecule has 2 saturated carbocycles. The summed E-state index contributed by atoms with van der Waals surface area (Å²) in [5.74, 6) is 5.03. The van der Waals surface area contributed by atoms with Crippen molar-refractivity contribution in [3.05, 3.63) is 35.7 Å². The maximum absolute atomic E-state index is 5.62. The van der Waals surface area contributed by atoms with Crippen LogP contribution in [0.25, 0.3) is 11.5 Å². The minimum absolute atomic E-state index is 0.486. The van der Waals surface area contributed by atoms with Gasteiger partial charge in [-0.3, -0.25) is 0 Å². The first-order valence-corrected chi connectivity index (χ1v) is 12.2. The molecular weight excluding hydrogens is 356 g/mol. The summed E-state index contributed by atoms with van der Waals surface area (Å²) < 4.78 is 5.62. The van der Waals surface area contributed by atoms with E-state index in [2.05, 4.69) is 43.3 Å². The quantitative estimate of drug-likeness (QED) is 0.486. The van der Waals surface area contributed by atoms with Gasteiger partial charge in [0, 0.05) is 11.5 Å². The molecule has 1 heterocycles. The Labute approximate surface area is 176 Å². The molecule has 0 atom stereocenters. The Balaban J connectivity index is 1.29. The van der Waals surface area contributed by atoms with E-state index in [0.29, 0.717) is 11.8 Å². The van der Waals surface area contributed by atoms with Crippen molar-refractivity contribution in [2.45, 2.75) is 96.8 Å². The second kappa shape index (κ2) is 9.91. The number of hydrogen-bond donors (Lipinski definition) is 0. The fourth-order valence-corrected chi connectivity index (χ4v) is 5.83. The van der Waals surface area contributed by atoms with Gasteiger partial charge in [-0.15, -0.1) is 0 Å². The van der Waals surface area contributed by atoms with Gasteiger partial charge in [0.05, 0.1) is 0 Å². The van der Waals surface area contributed by atoms with E-state index in [0.717, 1.165) is 35.6 Å². The lowest BCUT2D eigenvalue weighted by Crippen LogP contribution is -2.25. The fraction of sp³-hybridized carbons (Fsp3) is 0.692. The predicted octanol–water partition coefficient (Wildman–Crippen LogP) is 7.57. The summed E-state index contributed by atoms with van der Waals surface area (Å²) in [5.41, 5.74) is 2.42. The molecule has 1 aromatic heterocycles. The summed E-state index contributed by atoms with van der Waals surface area (Å²) in [6, 6.07) is 8.61. The number of hydrogen-bond acceptors (Lipinski definition) is 3. The first-order valence-electron chi connectivity index (χ1n) is 12.2. The SMILES string of the molecule is CCCc1ccc(-c2nc(C3CCC(C4CCC(CCC)CC4)CC3)no2)cc1. The minimum atomic E-state index is 0.486. The standard InChI is InChI=1S/C26H38N2O/c1-3-5-19-7-11-21(12-8-19)22-15-17-23(18-16-22)25-27-26(29-28-25)24-13-9-20(6-4-2)10-14-24/h9-10,13-14,19,21-23H,3-8,11-12,15-18H2,1-2H3. The third-order valence-corrected chi connectivity index (χ3v) is 7.57. The second-order valence-electron chi connectivity index (χ2n) is 9.59. The molecular formula is C26H38N2O. The minimum Gasteiger partial charge on any atom is -0.334 e. The van der Waals surface area contributed by atoms with E-state index < -0.39 is 0 Å². The molecule has 0 saturated heterocycles. The van der Waals surface area contributed by atoms with Crippen molar-refractivity contribution in [1.29, 1.82) is 0 Å². The van der Waals surface area contributed by atoms with Crippen LogP contribution in [0.2, 0.25) is 0 Å². The molecule has 4 rings (SSSR count). The van der Waals surface area contributed by atoms with E-state index in [-0.39, 0.29) is 0 Å². The molecule has 3 heteroatoms. The van der Waals surface area contributed by atoms with Gasteiger partial charge >= 0.3 is 0 Å². The van der Waals surface area contributed by atoms with Crippen molar-refractivity contribution in [3.8, 4) is 11.5 Å². The average Bonchev–Trinajstić information content (AvgIpc) is 3.26. The molecule has 2 aromatic rings. The number of aryl methyl sites for hydroxylation is 1. The van der Waals surface area contributed by atoms with Gasteiger partial charge in [-0.2, -0.15) is 4.98 Å². The largest absolute Gasteiger partial charge is 0.334 e. The zero-order valence-electron chi connectivity index (χ0n) is 18.4. The first kappa shape index (κ1) is 20.6. The monoisotopic (exact) mass is 394 g/mol. The van der Waals surface area contributed by atoms with Crippen molar-refractivity contribution in [1.82, 2.24) is 10.1 Å². The van der Waals surface area contributed by atoms with Gasteiger partial charge in [0.15, 0.2) is 5.82 Å². The maximum atomic E-state index is 5.62. The van der Waals surface area contributed by atoms with Crippen LogP contribution in [0.4, 0.5) is 0 Å². The van der Waals surface area contributed by atoms with Crippen molar-refractivity contribution >= 4 is 0 Å². The van der Waals surface area contributed by atoms with Crippen LogP contribution in [0.15, 0.2) is 28.8 Å². The van der Waals surface area contributed by atoms with Crippen LogP contribution >= 0.6 is 0 Å². The highest BCUT2D eigenvalue weighted by Gasteiger charge is 2.32. The van der Waals surface area contributed by atoms with Gasteiger partial charge in [-0.1, -0.05) is 63.2 Å². The Hall–Kier alpha value is -1.64. The van der Waals surface area contributed by atoms with E-state index in [1.54, 1.807) is 0 Å². The highest BCUT2D eigenvalue weighted by molar-refractivity contribution is 5.53. The van der Waals surface area contributed by atoms with Gasteiger partial charge in [0.25, 0.3) is 5.89 Å². The molecule has 1 aromatic carbocycles. The van der Waals surface area contributed by atoms with Crippen LogP contribution in [-0.4, -0.2) is 10.1 Å². The van der Waals surface area contributed by atoms with Gasteiger partial charge in [-0.25, -0.2) is 0 Å². The molecule has 0 spiro atoms. The zero-order chi connectivity index (χ0) is 20.1. The summed E-state index contributed by atoms with van der Waals surface area (Å²) in [6.07, 6.45) is 16.2. The van der Waals surface area contributed by atoms with Crippen LogP contribution in [0.3, 0.4) is 0 Å². The lowest BCUT2D eigenvalue weighted by molar-refractivity contribution is 0.155. The van der Waals surface area contributed by atoms with Crippen molar-refractivity contribution < 1.29 is 4.52 Å². The normalized spacial score (nSPS) is 27.8. The Bertz CT molecular complexity index is 734. The van der Waals surface area contributed by atoms with Crippen LogP contribution in [0, 0.1) is 17.8 Å². The van der Waals surface area contributed by atoms with Crippen LogP contribution in [0.5, 0.6) is 0 Å². The highest BCUT2D eigenvalue weighted by atomic mass is 16.5. The van der Waals surface area contributed by atoms with Crippen LogP contribution in [0.1, 0.15) is 102 Å². The molecule has 0 bridgehead atoms. The van der Waals surface area contributed by atoms with Gasteiger partial charge < -0.3 is 4.52 Å². The molecule has 0 N–H and O–H groups in total. The lowest BCUT2D eigenvalue weighted by Gasteiger charge is -2.37. The summed E-state index contributed by atoms with van der Waals surface area (Å²) >= 11 is 0. The summed E-state index contributed by atoms with van der Waals surface area (Å²) in [6.45, 7) is 4.54. The Morgan fingerprint density at radius 3 is 2.10 bits per heavy atom. The molecule has 0 amide bonds. The van der Waals surface area contributed by atoms with E-state index in [1.807, 2.05) is 0 Å². The molecule has 2 aliphatic carbocycles. The number of rotatable bonds is 7. The number of benzene rings is 1. The van der Waals surface area contributed by atoms with Crippen LogP contribution in [-0.2, 0) is 6.42 Å². The average molecular weight is 395 g/mol. The Kier molecular flexibility index (Phi) is 7.05. The van der Waals surface area contributed by atoms with Crippen molar-refractivity contribution in [2.75, 3.05) is 0 Å². The van der Waals surface area contributed by atoms with Crippen molar-refractivity contribution in [3.63, 3.8) is 0 Å². The highest BCUT2D eigenvalue weighted by Crippen LogP contribution is 2.44. The Morgan fingerprint density at radius 1 is 0.828 bits per heavy atom. The molecule has 0 aliphatic heterocycles. The Morgan fingerprint density at radius 2 is 1.48 bits per heavy atom. The first-order chi connectivity index (χ1) is 14.3. The van der Waals surface area contributed by atoms with E-state index >= 15 is 0 Å². The molecule has 158 valence electrons. The summed E-state index contributed by atoms with van der Waals surface area (Å²) in [5, 5.41) is 4.36. The van der Waals surface area contributed by atoms with E-state index in [4.69, 9.17) is 9.51 Å². The molecule has 2 fully saturated rings. The van der Waals surface area contributed by atoms with E-state index in [9.17, 15) is 0 Å². The number of nitrogens with zero attached hydrogens (tertiary/aromatic N) is 2. The second-order valence-corrected chi connectivity index (χ2v) is 9.59. The zero-order valence-corrected chi connectivity index (χ0v) is 18.4. The van der Waals surface area contributed by atoms with Gasteiger partial charge in [0.2, 0.25) is 0 Å². The number of aromatic nitrogens is 2. The molecule has 3 nitrogen and oxygen atoms in total. The molecule has 0 unspecified atom stereocenters. The fourth-order valence-electron chi connectivity index (χ4n) is 5.83.